The van der Waals surface area contributed by atoms with Crippen LogP contribution in [0.15, 0.2) is 61.2 Å². The average Bonchev–Trinajstić information content (AvgIpc) is 3.35. The van der Waals surface area contributed by atoms with E-state index in [2.05, 4.69) is 17.2 Å². The van der Waals surface area contributed by atoms with Gasteiger partial charge in [-0.1, -0.05) is 36.4 Å². The lowest BCUT2D eigenvalue weighted by Gasteiger charge is -2.16. The van der Waals surface area contributed by atoms with E-state index < -0.39 is 0 Å². The topological polar surface area (TPSA) is 56.6 Å². The molecule has 1 fully saturated rings. The quantitative estimate of drug-likeness (QED) is 0.463. The van der Waals surface area contributed by atoms with E-state index in [1.807, 2.05) is 60.4 Å². The second-order valence-electron chi connectivity index (χ2n) is 7.86. The van der Waals surface area contributed by atoms with Gasteiger partial charge in [-0.25, -0.2) is 4.98 Å². The number of methoxy groups -OCH3 is 1. The fourth-order valence-corrected chi connectivity index (χ4v) is 4.26. The number of likely N-dealkylation sites (tertiary alicyclic amines) is 1. The Morgan fingerprint density at radius 2 is 2.06 bits per heavy atom. The third-order valence-corrected chi connectivity index (χ3v) is 5.73. The van der Waals surface area contributed by atoms with E-state index in [4.69, 9.17) is 14.5 Å². The highest BCUT2D eigenvalue weighted by Crippen LogP contribution is 2.31. The number of imidazole rings is 1. The van der Waals surface area contributed by atoms with Crippen LogP contribution in [0.2, 0.25) is 0 Å². The number of hydrogen-bond donors (Lipinski definition) is 0. The minimum absolute atomic E-state index is 0.0597. The standard InChI is InChI=1S/C26H29N3O3/c1-4-8-19-11-12-23(24(16-19)31-3)32-15-14-29-22-10-7-6-9-21(22)27-26(29)20-17-25(30)28(18-20)13-5-2/h4-12,16,20H,2,13-15,17-18H2,1,3H3/b8-4-/t20-/m1/s1. The molecule has 0 saturated carbocycles. The van der Waals surface area contributed by atoms with Gasteiger partial charge in [0.2, 0.25) is 5.91 Å². The number of ether oxygens (including phenoxy) is 2. The maximum Gasteiger partial charge on any atom is 0.223 e. The number of fused-ring (bicyclic) bond motifs is 1. The highest BCUT2D eigenvalue weighted by atomic mass is 16.5. The molecule has 0 bridgehead atoms. The van der Waals surface area contributed by atoms with Gasteiger partial charge in [-0.2, -0.15) is 0 Å². The van der Waals surface area contributed by atoms with Gasteiger partial charge in [0, 0.05) is 25.4 Å². The van der Waals surface area contributed by atoms with Gasteiger partial charge in [-0.15, -0.1) is 6.58 Å². The molecule has 0 unspecified atom stereocenters. The van der Waals surface area contributed by atoms with Crippen molar-refractivity contribution in [2.45, 2.75) is 25.8 Å². The Morgan fingerprint density at radius 3 is 2.84 bits per heavy atom. The summed E-state index contributed by atoms with van der Waals surface area (Å²) in [5, 5.41) is 0. The van der Waals surface area contributed by atoms with Gasteiger partial charge in [-0.05, 0) is 36.8 Å². The fraction of sp³-hybridized carbons (Fsp3) is 0.308. The molecule has 0 radical (unpaired) electrons. The number of carbonyl (C=O) groups is 1. The normalized spacial score (nSPS) is 16.2. The molecule has 2 aromatic carbocycles. The van der Waals surface area contributed by atoms with Gasteiger partial charge in [0.05, 0.1) is 24.7 Å². The summed E-state index contributed by atoms with van der Waals surface area (Å²) in [7, 11) is 1.65. The number of nitrogens with zero attached hydrogens (tertiary/aromatic N) is 3. The summed E-state index contributed by atoms with van der Waals surface area (Å²) >= 11 is 0. The molecule has 1 aliphatic rings. The highest BCUT2D eigenvalue weighted by molar-refractivity contribution is 5.81. The van der Waals surface area contributed by atoms with Crippen LogP contribution in [0, 0.1) is 0 Å². The monoisotopic (exact) mass is 431 g/mol. The van der Waals surface area contributed by atoms with Gasteiger partial charge >= 0.3 is 0 Å². The molecule has 0 spiro atoms. The number of benzene rings is 2. The van der Waals surface area contributed by atoms with Gasteiger partial charge in [0.25, 0.3) is 0 Å². The molecular weight excluding hydrogens is 402 g/mol. The van der Waals surface area contributed by atoms with Crippen molar-refractivity contribution in [3.8, 4) is 11.5 Å². The Balaban J connectivity index is 1.55. The number of para-hydroxylation sites is 2. The summed E-state index contributed by atoms with van der Waals surface area (Å²) < 4.78 is 13.8. The van der Waals surface area contributed by atoms with Crippen molar-refractivity contribution in [3.63, 3.8) is 0 Å². The maximum absolute atomic E-state index is 12.4. The first-order chi connectivity index (χ1) is 15.6. The minimum Gasteiger partial charge on any atom is -0.493 e. The van der Waals surface area contributed by atoms with Crippen molar-refractivity contribution in [1.29, 1.82) is 0 Å². The summed E-state index contributed by atoms with van der Waals surface area (Å²) in [6, 6.07) is 14.0. The molecule has 1 aromatic heterocycles. The van der Waals surface area contributed by atoms with Crippen LogP contribution in [0.3, 0.4) is 0 Å². The molecule has 1 atom stereocenters. The van der Waals surface area contributed by atoms with Crippen LogP contribution < -0.4 is 9.47 Å². The molecule has 6 nitrogen and oxygen atoms in total. The zero-order valence-electron chi connectivity index (χ0n) is 18.7. The minimum atomic E-state index is 0.0597. The zero-order valence-corrected chi connectivity index (χ0v) is 18.7. The first-order valence-electron chi connectivity index (χ1n) is 10.9. The highest BCUT2D eigenvalue weighted by Gasteiger charge is 2.33. The molecule has 166 valence electrons. The van der Waals surface area contributed by atoms with Crippen LogP contribution in [-0.2, 0) is 11.3 Å². The van der Waals surface area contributed by atoms with E-state index in [0.717, 1.165) is 22.4 Å². The summed E-state index contributed by atoms with van der Waals surface area (Å²) in [6.45, 7) is 8.07. The Hall–Kier alpha value is -3.54. The largest absolute Gasteiger partial charge is 0.493 e. The Morgan fingerprint density at radius 1 is 1.22 bits per heavy atom. The summed E-state index contributed by atoms with van der Waals surface area (Å²) in [4.78, 5) is 19.1. The molecule has 0 N–H and O–H groups in total. The van der Waals surface area contributed by atoms with Gasteiger partial charge < -0.3 is 18.9 Å². The number of allylic oxidation sites excluding steroid dienone is 1. The van der Waals surface area contributed by atoms with E-state index in [1.54, 1.807) is 13.2 Å². The summed E-state index contributed by atoms with van der Waals surface area (Å²) in [5.41, 5.74) is 3.05. The van der Waals surface area contributed by atoms with Crippen LogP contribution >= 0.6 is 0 Å². The Labute approximate surface area is 188 Å². The third-order valence-electron chi connectivity index (χ3n) is 5.73. The maximum atomic E-state index is 12.4. The molecule has 4 rings (SSSR count). The van der Waals surface area contributed by atoms with Crippen molar-refractivity contribution in [2.75, 3.05) is 26.8 Å². The number of rotatable bonds is 9. The Kier molecular flexibility index (Phi) is 6.59. The van der Waals surface area contributed by atoms with E-state index in [9.17, 15) is 4.79 Å². The molecule has 3 aromatic rings. The zero-order chi connectivity index (χ0) is 22.5. The van der Waals surface area contributed by atoms with Crippen molar-refractivity contribution in [3.05, 3.63) is 72.6 Å². The van der Waals surface area contributed by atoms with Crippen LogP contribution in [0.5, 0.6) is 11.5 Å². The molecule has 0 aliphatic carbocycles. The van der Waals surface area contributed by atoms with Crippen molar-refractivity contribution in [2.24, 2.45) is 0 Å². The predicted octanol–water partition coefficient (Wildman–Crippen LogP) is 4.66. The third kappa shape index (κ3) is 4.40. The van der Waals surface area contributed by atoms with Gasteiger partial charge in [0.15, 0.2) is 11.5 Å². The van der Waals surface area contributed by atoms with Crippen molar-refractivity contribution >= 4 is 23.0 Å². The van der Waals surface area contributed by atoms with Gasteiger partial charge in [0.1, 0.15) is 12.4 Å². The predicted molar refractivity (Wildman–Crippen MR) is 127 cm³/mol. The summed E-state index contributed by atoms with van der Waals surface area (Å²) in [5.74, 6) is 2.56. The van der Waals surface area contributed by atoms with Crippen LogP contribution in [0.25, 0.3) is 17.1 Å². The lowest BCUT2D eigenvalue weighted by atomic mass is 10.1. The van der Waals surface area contributed by atoms with E-state index >= 15 is 0 Å². The second kappa shape index (κ2) is 9.73. The van der Waals surface area contributed by atoms with Crippen molar-refractivity contribution < 1.29 is 14.3 Å². The number of hydrogen-bond acceptors (Lipinski definition) is 4. The van der Waals surface area contributed by atoms with Crippen LogP contribution in [-0.4, -0.2) is 47.2 Å². The number of aromatic nitrogens is 2. The van der Waals surface area contributed by atoms with Crippen LogP contribution in [0.4, 0.5) is 0 Å². The van der Waals surface area contributed by atoms with Crippen molar-refractivity contribution in [1.82, 2.24) is 14.5 Å². The first kappa shape index (κ1) is 21.7. The smallest absolute Gasteiger partial charge is 0.223 e. The molecule has 1 saturated heterocycles. The van der Waals surface area contributed by atoms with Gasteiger partial charge in [-0.3, -0.25) is 4.79 Å². The Bertz CT molecular complexity index is 1150. The summed E-state index contributed by atoms with van der Waals surface area (Å²) in [6.07, 6.45) is 6.25. The number of carbonyl (C=O) groups excluding carboxylic acids is 1. The first-order valence-corrected chi connectivity index (χ1v) is 10.9. The lowest BCUT2D eigenvalue weighted by Crippen LogP contribution is -2.25. The molecular formula is C26H29N3O3. The lowest BCUT2D eigenvalue weighted by molar-refractivity contribution is -0.127. The van der Waals surface area contributed by atoms with Crippen LogP contribution in [0.1, 0.15) is 30.7 Å². The van der Waals surface area contributed by atoms with E-state index in [1.165, 1.54) is 0 Å². The number of amides is 1. The van der Waals surface area contributed by atoms with E-state index in [0.29, 0.717) is 44.2 Å². The van der Waals surface area contributed by atoms with E-state index in [-0.39, 0.29) is 11.8 Å². The average molecular weight is 432 g/mol. The molecule has 1 aliphatic heterocycles. The molecule has 2 heterocycles. The molecule has 1 amide bonds. The second-order valence-corrected chi connectivity index (χ2v) is 7.86. The SMILES string of the molecule is C=CCN1C[C@H](c2nc3ccccc3n2CCOc2ccc(/C=C\C)cc2OC)CC1=O. The molecule has 32 heavy (non-hydrogen) atoms. The fourth-order valence-electron chi connectivity index (χ4n) is 4.26. The molecule has 6 heteroatoms.